The lowest BCUT2D eigenvalue weighted by molar-refractivity contribution is 0.386. The van der Waals surface area contributed by atoms with Crippen molar-refractivity contribution in [2.75, 3.05) is 6.54 Å². The SMILES string of the molecule is Cc1ccc(C#CCNC2CCCCC2)cc1. The van der Waals surface area contributed by atoms with E-state index in [0.29, 0.717) is 6.04 Å². The fourth-order valence-electron chi connectivity index (χ4n) is 2.29. The molecule has 0 heterocycles. The van der Waals surface area contributed by atoms with Crippen LogP contribution in [0.15, 0.2) is 24.3 Å². The number of aryl methyl sites for hydroxylation is 1. The van der Waals surface area contributed by atoms with Gasteiger partial charge in [0, 0.05) is 11.6 Å². The van der Waals surface area contributed by atoms with Crippen molar-refractivity contribution in [3.05, 3.63) is 35.4 Å². The number of hydrogen-bond acceptors (Lipinski definition) is 1. The van der Waals surface area contributed by atoms with Gasteiger partial charge in [0.15, 0.2) is 0 Å². The summed E-state index contributed by atoms with van der Waals surface area (Å²) in [5.74, 6) is 6.41. The van der Waals surface area contributed by atoms with Crippen LogP contribution in [0.25, 0.3) is 0 Å². The molecule has 1 N–H and O–H groups in total. The molecule has 0 spiro atoms. The van der Waals surface area contributed by atoms with Gasteiger partial charge in [-0.3, -0.25) is 0 Å². The summed E-state index contributed by atoms with van der Waals surface area (Å²) in [5.41, 5.74) is 2.40. The molecule has 1 aromatic carbocycles. The second-order valence-corrected chi connectivity index (χ2v) is 4.88. The Balaban J connectivity index is 1.76. The molecule has 1 heteroatoms. The van der Waals surface area contributed by atoms with Crippen LogP contribution in [0, 0.1) is 18.8 Å². The summed E-state index contributed by atoms with van der Waals surface area (Å²) in [6.07, 6.45) is 6.82. The van der Waals surface area contributed by atoms with Crippen molar-refractivity contribution in [2.24, 2.45) is 0 Å². The van der Waals surface area contributed by atoms with Gasteiger partial charge in [0.2, 0.25) is 0 Å². The average Bonchev–Trinajstić information content (AvgIpc) is 2.38. The van der Waals surface area contributed by atoms with Gasteiger partial charge in [-0.15, -0.1) is 0 Å². The molecular formula is C16H21N. The summed E-state index contributed by atoms with van der Waals surface area (Å²) in [6.45, 7) is 2.92. The van der Waals surface area contributed by atoms with Crippen LogP contribution in [0.5, 0.6) is 0 Å². The maximum atomic E-state index is 3.53. The van der Waals surface area contributed by atoms with Crippen molar-refractivity contribution in [2.45, 2.75) is 45.1 Å². The Morgan fingerprint density at radius 2 is 1.82 bits per heavy atom. The first kappa shape index (κ1) is 12.2. The van der Waals surface area contributed by atoms with Gasteiger partial charge in [0.1, 0.15) is 0 Å². The van der Waals surface area contributed by atoms with E-state index in [0.717, 1.165) is 12.1 Å². The summed E-state index contributed by atoms with van der Waals surface area (Å²) in [7, 11) is 0. The lowest BCUT2D eigenvalue weighted by atomic mass is 9.95. The molecule has 0 bridgehead atoms. The fraction of sp³-hybridized carbons (Fsp3) is 0.500. The Morgan fingerprint density at radius 3 is 2.53 bits per heavy atom. The second-order valence-electron chi connectivity index (χ2n) is 4.88. The summed E-state index contributed by atoms with van der Waals surface area (Å²) in [4.78, 5) is 0. The Bertz CT molecular complexity index is 388. The van der Waals surface area contributed by atoms with Crippen molar-refractivity contribution in [1.29, 1.82) is 0 Å². The highest BCUT2D eigenvalue weighted by atomic mass is 14.9. The molecular weight excluding hydrogens is 206 g/mol. The van der Waals surface area contributed by atoms with E-state index >= 15 is 0 Å². The Kier molecular flexibility index (Phi) is 4.64. The average molecular weight is 227 g/mol. The number of nitrogens with one attached hydrogen (secondary N) is 1. The van der Waals surface area contributed by atoms with Crippen molar-refractivity contribution < 1.29 is 0 Å². The van der Waals surface area contributed by atoms with Gasteiger partial charge in [-0.25, -0.2) is 0 Å². The molecule has 2 rings (SSSR count). The Morgan fingerprint density at radius 1 is 1.12 bits per heavy atom. The van der Waals surface area contributed by atoms with Gasteiger partial charge in [0.25, 0.3) is 0 Å². The van der Waals surface area contributed by atoms with Gasteiger partial charge >= 0.3 is 0 Å². The Hall–Kier alpha value is -1.26. The van der Waals surface area contributed by atoms with Gasteiger partial charge < -0.3 is 5.32 Å². The molecule has 1 nitrogen and oxygen atoms in total. The lowest BCUT2D eigenvalue weighted by Crippen LogP contribution is -2.31. The molecule has 90 valence electrons. The highest BCUT2D eigenvalue weighted by Crippen LogP contribution is 2.16. The van der Waals surface area contributed by atoms with Gasteiger partial charge in [-0.2, -0.15) is 0 Å². The molecule has 0 unspecified atom stereocenters. The predicted octanol–water partition coefficient (Wildman–Crippen LogP) is 3.27. The molecule has 0 aromatic heterocycles. The van der Waals surface area contributed by atoms with Crippen LogP contribution in [-0.2, 0) is 0 Å². The summed E-state index contributed by atoms with van der Waals surface area (Å²) >= 11 is 0. The van der Waals surface area contributed by atoms with Gasteiger partial charge in [-0.05, 0) is 31.9 Å². The van der Waals surface area contributed by atoms with Crippen molar-refractivity contribution in [1.82, 2.24) is 5.32 Å². The summed E-state index contributed by atoms with van der Waals surface area (Å²) < 4.78 is 0. The third-order valence-electron chi connectivity index (χ3n) is 3.37. The van der Waals surface area contributed by atoms with Crippen LogP contribution in [-0.4, -0.2) is 12.6 Å². The standard InChI is InChI=1S/C16H21N/c1-14-9-11-15(12-10-14)6-5-13-17-16-7-3-2-4-8-16/h9-12,16-17H,2-4,7-8,13H2,1H3. The molecule has 1 fully saturated rings. The molecule has 17 heavy (non-hydrogen) atoms. The van der Waals surface area contributed by atoms with E-state index in [4.69, 9.17) is 0 Å². The van der Waals surface area contributed by atoms with E-state index in [9.17, 15) is 0 Å². The minimum atomic E-state index is 0.705. The summed E-state index contributed by atoms with van der Waals surface area (Å²) in [5, 5.41) is 3.53. The quantitative estimate of drug-likeness (QED) is 0.765. The van der Waals surface area contributed by atoms with Crippen molar-refractivity contribution in [3.8, 4) is 11.8 Å². The molecule has 0 amide bonds. The molecule has 1 aliphatic carbocycles. The minimum Gasteiger partial charge on any atom is -0.303 e. The van der Waals surface area contributed by atoms with Crippen molar-refractivity contribution >= 4 is 0 Å². The molecule has 0 radical (unpaired) electrons. The van der Waals surface area contributed by atoms with E-state index in [1.165, 1.54) is 37.7 Å². The van der Waals surface area contributed by atoms with E-state index in [-0.39, 0.29) is 0 Å². The van der Waals surface area contributed by atoms with Crippen LogP contribution in [0.3, 0.4) is 0 Å². The van der Waals surface area contributed by atoms with E-state index in [1.807, 2.05) is 0 Å². The highest BCUT2D eigenvalue weighted by molar-refractivity contribution is 5.35. The minimum absolute atomic E-state index is 0.705. The largest absolute Gasteiger partial charge is 0.303 e. The second kappa shape index (κ2) is 6.47. The molecule has 0 atom stereocenters. The van der Waals surface area contributed by atoms with Crippen LogP contribution >= 0.6 is 0 Å². The zero-order chi connectivity index (χ0) is 11.9. The van der Waals surface area contributed by atoms with Crippen LogP contribution in [0.1, 0.15) is 43.2 Å². The molecule has 1 aromatic rings. The number of hydrogen-bond donors (Lipinski definition) is 1. The van der Waals surface area contributed by atoms with E-state index in [1.54, 1.807) is 0 Å². The lowest BCUT2D eigenvalue weighted by Gasteiger charge is -2.21. The summed E-state index contributed by atoms with van der Waals surface area (Å²) in [6, 6.07) is 9.10. The first-order valence-corrected chi connectivity index (χ1v) is 6.63. The monoisotopic (exact) mass is 227 g/mol. The first-order valence-electron chi connectivity index (χ1n) is 6.63. The predicted molar refractivity (Wildman–Crippen MR) is 72.9 cm³/mol. The zero-order valence-corrected chi connectivity index (χ0v) is 10.6. The molecule has 1 aliphatic rings. The van der Waals surface area contributed by atoms with Crippen LogP contribution < -0.4 is 5.32 Å². The zero-order valence-electron chi connectivity index (χ0n) is 10.6. The Labute approximate surface area is 105 Å². The normalized spacial score (nSPS) is 16.3. The van der Waals surface area contributed by atoms with E-state index < -0.39 is 0 Å². The third-order valence-corrected chi connectivity index (χ3v) is 3.37. The smallest absolute Gasteiger partial charge is 0.0582 e. The maximum Gasteiger partial charge on any atom is 0.0582 e. The number of benzene rings is 1. The maximum absolute atomic E-state index is 3.53. The highest BCUT2D eigenvalue weighted by Gasteiger charge is 2.10. The molecule has 0 aliphatic heterocycles. The van der Waals surface area contributed by atoms with Crippen molar-refractivity contribution in [3.63, 3.8) is 0 Å². The molecule has 1 saturated carbocycles. The molecule has 0 saturated heterocycles. The fourth-order valence-corrected chi connectivity index (χ4v) is 2.29. The van der Waals surface area contributed by atoms with Gasteiger partial charge in [-0.1, -0.05) is 48.8 Å². The van der Waals surface area contributed by atoms with Crippen LogP contribution in [0.4, 0.5) is 0 Å². The third kappa shape index (κ3) is 4.24. The first-order chi connectivity index (χ1) is 8.34. The van der Waals surface area contributed by atoms with Crippen LogP contribution in [0.2, 0.25) is 0 Å². The number of rotatable bonds is 2. The van der Waals surface area contributed by atoms with Gasteiger partial charge in [0.05, 0.1) is 6.54 Å². The topological polar surface area (TPSA) is 12.0 Å². The van der Waals surface area contributed by atoms with E-state index in [2.05, 4.69) is 48.3 Å².